The standard InChI is InChI=1S/C24H25NO2/c1-2-26-21-10-8-19(9-11-21)24-23-13-12-22(16-20(23)14-15-25-24)27-17-18-6-4-3-5-7-18/h3-13,16,24-25H,2,14-15,17H2,1H3. The zero-order valence-electron chi connectivity index (χ0n) is 15.7. The molecule has 27 heavy (non-hydrogen) atoms. The van der Waals surface area contributed by atoms with Crippen molar-refractivity contribution in [1.29, 1.82) is 0 Å². The van der Waals surface area contributed by atoms with Crippen LogP contribution in [0, 0.1) is 0 Å². The highest BCUT2D eigenvalue weighted by Gasteiger charge is 2.21. The average molecular weight is 359 g/mol. The molecule has 0 spiro atoms. The summed E-state index contributed by atoms with van der Waals surface area (Å²) in [5, 5.41) is 3.64. The number of benzene rings is 3. The number of fused-ring (bicyclic) bond motifs is 1. The van der Waals surface area contributed by atoms with Gasteiger partial charge in [-0.1, -0.05) is 48.5 Å². The largest absolute Gasteiger partial charge is 0.494 e. The summed E-state index contributed by atoms with van der Waals surface area (Å²) in [6.07, 6.45) is 1.02. The van der Waals surface area contributed by atoms with Gasteiger partial charge in [-0.3, -0.25) is 0 Å². The molecule has 3 nitrogen and oxygen atoms in total. The first kappa shape index (κ1) is 17.6. The molecule has 3 aromatic rings. The van der Waals surface area contributed by atoms with Gasteiger partial charge in [0, 0.05) is 6.54 Å². The van der Waals surface area contributed by atoms with Crippen molar-refractivity contribution in [3.05, 3.63) is 95.1 Å². The second-order valence-electron chi connectivity index (χ2n) is 6.77. The molecule has 3 aromatic carbocycles. The third-order valence-electron chi connectivity index (χ3n) is 4.94. The molecular weight excluding hydrogens is 334 g/mol. The third-order valence-corrected chi connectivity index (χ3v) is 4.94. The minimum Gasteiger partial charge on any atom is -0.494 e. The number of hydrogen-bond donors (Lipinski definition) is 1. The number of ether oxygens (including phenoxy) is 2. The highest BCUT2D eigenvalue weighted by molar-refractivity contribution is 5.44. The van der Waals surface area contributed by atoms with Crippen LogP contribution in [0.1, 0.15) is 35.2 Å². The topological polar surface area (TPSA) is 30.5 Å². The van der Waals surface area contributed by atoms with Gasteiger partial charge in [-0.15, -0.1) is 0 Å². The lowest BCUT2D eigenvalue weighted by Crippen LogP contribution is -2.30. The normalized spacial score (nSPS) is 15.8. The van der Waals surface area contributed by atoms with Gasteiger partial charge in [0.25, 0.3) is 0 Å². The Hall–Kier alpha value is -2.78. The van der Waals surface area contributed by atoms with E-state index in [1.165, 1.54) is 22.3 Å². The molecule has 0 bridgehead atoms. The molecule has 0 aliphatic carbocycles. The molecule has 1 aliphatic rings. The van der Waals surface area contributed by atoms with Gasteiger partial charge in [0.05, 0.1) is 12.6 Å². The Kier molecular flexibility index (Phi) is 5.40. The molecular formula is C24H25NO2. The van der Waals surface area contributed by atoms with Gasteiger partial charge in [0.2, 0.25) is 0 Å². The summed E-state index contributed by atoms with van der Waals surface area (Å²) >= 11 is 0. The van der Waals surface area contributed by atoms with Crippen LogP contribution < -0.4 is 14.8 Å². The van der Waals surface area contributed by atoms with Crippen LogP contribution in [0.25, 0.3) is 0 Å². The Balaban J connectivity index is 1.51. The van der Waals surface area contributed by atoms with Crippen molar-refractivity contribution in [3.8, 4) is 11.5 Å². The van der Waals surface area contributed by atoms with E-state index < -0.39 is 0 Å². The summed E-state index contributed by atoms with van der Waals surface area (Å²) in [5.41, 5.74) is 5.14. The van der Waals surface area contributed by atoms with Crippen molar-refractivity contribution in [1.82, 2.24) is 5.32 Å². The van der Waals surface area contributed by atoms with Crippen molar-refractivity contribution in [2.75, 3.05) is 13.2 Å². The molecule has 4 rings (SSSR count). The van der Waals surface area contributed by atoms with Gasteiger partial charge in [-0.05, 0) is 59.9 Å². The molecule has 0 saturated carbocycles. The number of nitrogens with one attached hydrogen (secondary N) is 1. The zero-order valence-corrected chi connectivity index (χ0v) is 15.7. The second-order valence-corrected chi connectivity index (χ2v) is 6.77. The maximum absolute atomic E-state index is 6.00. The van der Waals surface area contributed by atoms with E-state index in [1.54, 1.807) is 0 Å². The zero-order chi connectivity index (χ0) is 18.5. The van der Waals surface area contributed by atoms with Crippen LogP contribution in [0.4, 0.5) is 0 Å². The van der Waals surface area contributed by atoms with E-state index >= 15 is 0 Å². The molecule has 3 heteroatoms. The monoisotopic (exact) mass is 359 g/mol. The Bertz CT molecular complexity index is 875. The lowest BCUT2D eigenvalue weighted by molar-refractivity contribution is 0.305. The summed E-state index contributed by atoms with van der Waals surface area (Å²) in [4.78, 5) is 0. The van der Waals surface area contributed by atoms with Gasteiger partial charge < -0.3 is 14.8 Å². The molecule has 0 fully saturated rings. The first-order valence-electron chi connectivity index (χ1n) is 9.59. The van der Waals surface area contributed by atoms with Crippen molar-refractivity contribution >= 4 is 0 Å². The molecule has 1 unspecified atom stereocenters. The molecule has 0 radical (unpaired) electrons. The number of rotatable bonds is 6. The van der Waals surface area contributed by atoms with Gasteiger partial charge in [0.15, 0.2) is 0 Å². The predicted octanol–water partition coefficient (Wildman–Crippen LogP) is 4.90. The first-order chi connectivity index (χ1) is 13.3. The minimum atomic E-state index is 0.215. The molecule has 1 atom stereocenters. The van der Waals surface area contributed by atoms with Crippen molar-refractivity contribution < 1.29 is 9.47 Å². The van der Waals surface area contributed by atoms with E-state index in [0.29, 0.717) is 13.2 Å². The lowest BCUT2D eigenvalue weighted by Gasteiger charge is -2.28. The summed E-state index contributed by atoms with van der Waals surface area (Å²) in [6, 6.07) is 25.4. The summed E-state index contributed by atoms with van der Waals surface area (Å²) < 4.78 is 11.6. The van der Waals surface area contributed by atoms with E-state index in [9.17, 15) is 0 Å². The van der Waals surface area contributed by atoms with Gasteiger partial charge in [-0.25, -0.2) is 0 Å². The Morgan fingerprint density at radius 3 is 2.44 bits per heavy atom. The molecule has 0 saturated heterocycles. The van der Waals surface area contributed by atoms with E-state index in [4.69, 9.17) is 9.47 Å². The van der Waals surface area contributed by atoms with Gasteiger partial charge >= 0.3 is 0 Å². The van der Waals surface area contributed by atoms with E-state index in [-0.39, 0.29) is 6.04 Å². The Morgan fingerprint density at radius 1 is 0.889 bits per heavy atom. The van der Waals surface area contributed by atoms with Crippen LogP contribution in [0.15, 0.2) is 72.8 Å². The van der Waals surface area contributed by atoms with Crippen LogP contribution in [-0.2, 0) is 13.0 Å². The fraction of sp³-hybridized carbons (Fsp3) is 0.250. The highest BCUT2D eigenvalue weighted by Crippen LogP contribution is 2.32. The lowest BCUT2D eigenvalue weighted by atomic mass is 9.89. The fourth-order valence-electron chi connectivity index (χ4n) is 3.59. The van der Waals surface area contributed by atoms with Crippen molar-refractivity contribution in [2.45, 2.75) is 26.0 Å². The molecule has 1 aliphatic heterocycles. The smallest absolute Gasteiger partial charge is 0.120 e. The van der Waals surface area contributed by atoms with Crippen molar-refractivity contribution in [3.63, 3.8) is 0 Å². The quantitative estimate of drug-likeness (QED) is 0.679. The predicted molar refractivity (Wildman–Crippen MR) is 108 cm³/mol. The van der Waals surface area contributed by atoms with Crippen LogP contribution in [-0.4, -0.2) is 13.2 Å². The van der Waals surface area contributed by atoms with E-state index in [2.05, 4.69) is 47.8 Å². The van der Waals surface area contributed by atoms with Gasteiger partial charge in [-0.2, -0.15) is 0 Å². The van der Waals surface area contributed by atoms with Crippen LogP contribution >= 0.6 is 0 Å². The number of hydrogen-bond acceptors (Lipinski definition) is 3. The first-order valence-corrected chi connectivity index (χ1v) is 9.59. The maximum Gasteiger partial charge on any atom is 0.120 e. The molecule has 0 amide bonds. The minimum absolute atomic E-state index is 0.215. The maximum atomic E-state index is 6.00. The molecule has 1 N–H and O–H groups in total. The molecule has 138 valence electrons. The Labute approximate surface area is 161 Å². The van der Waals surface area contributed by atoms with Crippen molar-refractivity contribution in [2.24, 2.45) is 0 Å². The highest BCUT2D eigenvalue weighted by atomic mass is 16.5. The molecule has 1 heterocycles. The summed E-state index contributed by atoms with van der Waals surface area (Å²) in [5.74, 6) is 1.85. The van der Waals surface area contributed by atoms with E-state index in [0.717, 1.165) is 24.5 Å². The van der Waals surface area contributed by atoms with E-state index in [1.807, 2.05) is 37.3 Å². The van der Waals surface area contributed by atoms with Crippen LogP contribution in [0.5, 0.6) is 11.5 Å². The molecule has 0 aromatic heterocycles. The third kappa shape index (κ3) is 4.15. The summed E-state index contributed by atoms with van der Waals surface area (Å²) in [6.45, 7) is 4.26. The SMILES string of the molecule is CCOc1ccc(C2NCCc3cc(OCc4ccccc4)ccc32)cc1. The van der Waals surface area contributed by atoms with Gasteiger partial charge in [0.1, 0.15) is 18.1 Å². The fourth-order valence-corrected chi connectivity index (χ4v) is 3.59. The Morgan fingerprint density at radius 2 is 1.67 bits per heavy atom. The van der Waals surface area contributed by atoms with Crippen LogP contribution in [0.3, 0.4) is 0 Å². The van der Waals surface area contributed by atoms with Crippen LogP contribution in [0.2, 0.25) is 0 Å². The summed E-state index contributed by atoms with van der Waals surface area (Å²) in [7, 11) is 0. The second kappa shape index (κ2) is 8.28. The average Bonchev–Trinajstić information content (AvgIpc) is 2.73.